The molecule has 0 aromatic heterocycles. The largest absolute Gasteiger partial charge is 0.508 e. The van der Waals surface area contributed by atoms with Gasteiger partial charge in [-0.05, 0) is 30.5 Å². The molecule has 0 atom stereocenters. The Morgan fingerprint density at radius 2 is 2.29 bits per heavy atom. The van der Waals surface area contributed by atoms with E-state index in [0.29, 0.717) is 6.42 Å². The van der Waals surface area contributed by atoms with Crippen molar-refractivity contribution in [2.45, 2.75) is 19.3 Å². The molecule has 1 aromatic carbocycles. The highest BCUT2D eigenvalue weighted by molar-refractivity contribution is 5.69. The van der Waals surface area contributed by atoms with E-state index in [9.17, 15) is 9.90 Å². The molecule has 0 saturated heterocycles. The Hall–Kier alpha value is -1.51. The topological polar surface area (TPSA) is 46.5 Å². The number of hydrogen-bond donors (Lipinski definition) is 1. The van der Waals surface area contributed by atoms with E-state index in [4.69, 9.17) is 0 Å². The first-order chi connectivity index (χ1) is 6.72. The van der Waals surface area contributed by atoms with Crippen molar-refractivity contribution in [3.05, 3.63) is 29.8 Å². The summed E-state index contributed by atoms with van der Waals surface area (Å²) < 4.78 is 4.52. The summed E-state index contributed by atoms with van der Waals surface area (Å²) in [5, 5.41) is 9.18. The van der Waals surface area contributed by atoms with Gasteiger partial charge in [-0.2, -0.15) is 0 Å². The Morgan fingerprint density at radius 1 is 1.50 bits per heavy atom. The number of carbonyl (C=O) groups excluding carboxylic acids is 1. The molecule has 1 N–H and O–H groups in total. The van der Waals surface area contributed by atoms with E-state index < -0.39 is 0 Å². The SMILES string of the molecule is COC(=O)CCCc1cccc(O)c1. The maximum atomic E-state index is 10.8. The van der Waals surface area contributed by atoms with Crippen LogP contribution in [0.15, 0.2) is 24.3 Å². The predicted molar refractivity (Wildman–Crippen MR) is 53.1 cm³/mol. The lowest BCUT2D eigenvalue weighted by atomic mass is 10.1. The van der Waals surface area contributed by atoms with Gasteiger partial charge in [-0.25, -0.2) is 0 Å². The average molecular weight is 194 g/mol. The molecule has 0 aliphatic carbocycles. The predicted octanol–water partition coefficient (Wildman–Crippen LogP) is 1.89. The van der Waals surface area contributed by atoms with Gasteiger partial charge < -0.3 is 9.84 Å². The number of aryl methyl sites for hydroxylation is 1. The van der Waals surface area contributed by atoms with Crippen LogP contribution >= 0.6 is 0 Å². The number of carbonyl (C=O) groups is 1. The summed E-state index contributed by atoms with van der Waals surface area (Å²) in [5.41, 5.74) is 1.04. The van der Waals surface area contributed by atoms with E-state index in [1.165, 1.54) is 7.11 Å². The first kappa shape index (κ1) is 10.6. The third-order valence-corrected chi connectivity index (χ3v) is 1.98. The number of aromatic hydroxyl groups is 1. The molecule has 0 heterocycles. The molecule has 3 nitrogen and oxygen atoms in total. The maximum absolute atomic E-state index is 10.8. The lowest BCUT2D eigenvalue weighted by molar-refractivity contribution is -0.140. The number of benzene rings is 1. The molecule has 76 valence electrons. The lowest BCUT2D eigenvalue weighted by Crippen LogP contribution is -2.00. The van der Waals surface area contributed by atoms with Crippen molar-refractivity contribution >= 4 is 5.97 Å². The molecule has 0 aliphatic rings. The third-order valence-electron chi connectivity index (χ3n) is 1.98. The van der Waals surface area contributed by atoms with Crippen molar-refractivity contribution in [3.8, 4) is 5.75 Å². The van der Waals surface area contributed by atoms with Crippen molar-refractivity contribution in [2.24, 2.45) is 0 Å². The lowest BCUT2D eigenvalue weighted by Gasteiger charge is -2.01. The van der Waals surface area contributed by atoms with Gasteiger partial charge in [0.25, 0.3) is 0 Å². The second-order valence-electron chi connectivity index (χ2n) is 3.10. The number of ether oxygens (including phenoxy) is 1. The van der Waals surface area contributed by atoms with Crippen LogP contribution < -0.4 is 0 Å². The van der Waals surface area contributed by atoms with Gasteiger partial charge in [0.15, 0.2) is 0 Å². The molecule has 0 fully saturated rings. The van der Waals surface area contributed by atoms with Gasteiger partial charge in [0, 0.05) is 6.42 Å². The third kappa shape index (κ3) is 3.47. The molecular weight excluding hydrogens is 180 g/mol. The Morgan fingerprint density at radius 3 is 2.93 bits per heavy atom. The highest BCUT2D eigenvalue weighted by Gasteiger charge is 2.00. The van der Waals surface area contributed by atoms with E-state index in [0.717, 1.165) is 18.4 Å². The molecular formula is C11H14O3. The van der Waals surface area contributed by atoms with Crippen LogP contribution in [0, 0.1) is 0 Å². The van der Waals surface area contributed by atoms with Crippen LogP contribution in [-0.4, -0.2) is 18.2 Å². The summed E-state index contributed by atoms with van der Waals surface area (Å²) in [5.74, 6) is 0.0747. The van der Waals surface area contributed by atoms with Gasteiger partial charge in [-0.15, -0.1) is 0 Å². The summed E-state index contributed by atoms with van der Waals surface area (Å²) in [7, 11) is 1.39. The van der Waals surface area contributed by atoms with E-state index in [1.807, 2.05) is 6.07 Å². The van der Waals surface area contributed by atoms with Gasteiger partial charge in [-0.3, -0.25) is 4.79 Å². The fourth-order valence-corrected chi connectivity index (χ4v) is 1.25. The van der Waals surface area contributed by atoms with Crippen LogP contribution in [0.1, 0.15) is 18.4 Å². The summed E-state index contributed by atoms with van der Waals surface area (Å²) >= 11 is 0. The molecule has 0 amide bonds. The summed E-state index contributed by atoms with van der Waals surface area (Å²) in [6.45, 7) is 0. The van der Waals surface area contributed by atoms with Gasteiger partial charge in [0.1, 0.15) is 5.75 Å². The van der Waals surface area contributed by atoms with Crippen LogP contribution in [0.4, 0.5) is 0 Å². The van der Waals surface area contributed by atoms with Crippen molar-refractivity contribution in [3.63, 3.8) is 0 Å². The van der Waals surface area contributed by atoms with Crippen LogP contribution in [-0.2, 0) is 16.0 Å². The number of phenols is 1. The maximum Gasteiger partial charge on any atom is 0.305 e. The number of methoxy groups -OCH3 is 1. The highest BCUT2D eigenvalue weighted by atomic mass is 16.5. The molecule has 3 heteroatoms. The van der Waals surface area contributed by atoms with Gasteiger partial charge in [0.05, 0.1) is 7.11 Å². The monoisotopic (exact) mass is 194 g/mol. The van der Waals surface area contributed by atoms with Crippen molar-refractivity contribution in [1.82, 2.24) is 0 Å². The summed E-state index contributed by atoms with van der Waals surface area (Å²) in [6.07, 6.45) is 1.95. The van der Waals surface area contributed by atoms with E-state index in [-0.39, 0.29) is 11.7 Å². The standard InChI is InChI=1S/C11H14O3/c1-14-11(13)7-3-5-9-4-2-6-10(12)8-9/h2,4,6,8,12H,3,5,7H2,1H3. The van der Waals surface area contributed by atoms with Crippen LogP contribution in [0.5, 0.6) is 5.75 Å². The van der Waals surface area contributed by atoms with Crippen molar-refractivity contribution in [1.29, 1.82) is 0 Å². The molecule has 0 aliphatic heterocycles. The minimum absolute atomic E-state index is 0.190. The first-order valence-electron chi connectivity index (χ1n) is 4.57. The van der Waals surface area contributed by atoms with Crippen LogP contribution in [0.2, 0.25) is 0 Å². The molecule has 0 saturated carbocycles. The fourth-order valence-electron chi connectivity index (χ4n) is 1.25. The van der Waals surface area contributed by atoms with E-state index >= 15 is 0 Å². The molecule has 1 rings (SSSR count). The second-order valence-corrected chi connectivity index (χ2v) is 3.10. The Labute approximate surface area is 83.3 Å². The summed E-state index contributed by atoms with van der Waals surface area (Å²) in [6, 6.07) is 7.06. The zero-order valence-electron chi connectivity index (χ0n) is 8.19. The van der Waals surface area contributed by atoms with E-state index in [1.54, 1.807) is 18.2 Å². The van der Waals surface area contributed by atoms with Crippen molar-refractivity contribution < 1.29 is 14.6 Å². The van der Waals surface area contributed by atoms with Crippen LogP contribution in [0.3, 0.4) is 0 Å². The average Bonchev–Trinajstić information content (AvgIpc) is 2.17. The molecule has 0 radical (unpaired) electrons. The molecule has 0 unspecified atom stereocenters. The molecule has 1 aromatic rings. The summed E-state index contributed by atoms with van der Waals surface area (Å²) in [4.78, 5) is 10.8. The first-order valence-corrected chi connectivity index (χ1v) is 4.57. The Balaban J connectivity index is 2.35. The van der Waals surface area contributed by atoms with Crippen molar-refractivity contribution in [2.75, 3.05) is 7.11 Å². The Kier molecular flexibility index (Phi) is 3.98. The van der Waals surface area contributed by atoms with Gasteiger partial charge in [-0.1, -0.05) is 12.1 Å². The number of phenolic OH excluding ortho intramolecular Hbond substituents is 1. The van der Waals surface area contributed by atoms with E-state index in [2.05, 4.69) is 4.74 Å². The van der Waals surface area contributed by atoms with Gasteiger partial charge in [0.2, 0.25) is 0 Å². The highest BCUT2D eigenvalue weighted by Crippen LogP contribution is 2.13. The van der Waals surface area contributed by atoms with Gasteiger partial charge >= 0.3 is 5.97 Å². The zero-order chi connectivity index (χ0) is 10.4. The fraction of sp³-hybridized carbons (Fsp3) is 0.364. The normalized spacial score (nSPS) is 9.79. The van der Waals surface area contributed by atoms with Crippen LogP contribution in [0.25, 0.3) is 0 Å². The zero-order valence-corrected chi connectivity index (χ0v) is 8.19. The minimum Gasteiger partial charge on any atom is -0.508 e. The smallest absolute Gasteiger partial charge is 0.305 e. The number of rotatable bonds is 4. The Bertz CT molecular complexity index is 307. The quantitative estimate of drug-likeness (QED) is 0.744. The number of hydrogen-bond acceptors (Lipinski definition) is 3. The molecule has 14 heavy (non-hydrogen) atoms. The molecule has 0 bridgehead atoms. The molecule has 0 spiro atoms. The number of esters is 1. The second kappa shape index (κ2) is 5.27. The minimum atomic E-state index is -0.190.